The van der Waals surface area contributed by atoms with E-state index in [1.807, 2.05) is 11.8 Å². The molecule has 1 fully saturated rings. The molecular formula is C20H20ClN3O4. The lowest BCUT2D eigenvalue weighted by Gasteiger charge is -2.34. The number of likely N-dealkylation sites (tertiary alicyclic amines) is 1. The number of halogens is 1. The van der Waals surface area contributed by atoms with Crippen LogP contribution in [0.15, 0.2) is 42.5 Å². The minimum Gasteiger partial charge on any atom is -0.336 e. The Morgan fingerprint density at radius 1 is 1.18 bits per heavy atom. The Hall–Kier alpha value is -2.93. The highest BCUT2D eigenvalue weighted by atomic mass is 35.5. The predicted octanol–water partition coefficient (Wildman–Crippen LogP) is 4.52. The van der Waals surface area contributed by atoms with Gasteiger partial charge in [0.15, 0.2) is 0 Å². The number of nitro benzene ring substituents is 1. The number of hydrogen-bond acceptors (Lipinski definition) is 4. The second-order valence-corrected chi connectivity index (χ2v) is 7.17. The number of hydrogen-bond donors (Lipinski definition) is 1. The van der Waals surface area contributed by atoms with Gasteiger partial charge >= 0.3 is 0 Å². The van der Waals surface area contributed by atoms with E-state index in [0.29, 0.717) is 17.8 Å². The first-order valence-corrected chi connectivity index (χ1v) is 9.41. The monoisotopic (exact) mass is 401 g/mol. The van der Waals surface area contributed by atoms with E-state index in [2.05, 4.69) is 5.32 Å². The van der Waals surface area contributed by atoms with E-state index in [4.69, 9.17) is 11.6 Å². The number of piperidine rings is 1. The van der Waals surface area contributed by atoms with Gasteiger partial charge in [0, 0.05) is 24.7 Å². The summed E-state index contributed by atoms with van der Waals surface area (Å²) < 4.78 is 0. The molecule has 0 radical (unpaired) electrons. The number of amides is 2. The van der Waals surface area contributed by atoms with Crippen LogP contribution < -0.4 is 5.32 Å². The molecule has 3 rings (SSSR count). The highest BCUT2D eigenvalue weighted by Crippen LogP contribution is 2.26. The Morgan fingerprint density at radius 3 is 2.61 bits per heavy atom. The Bertz CT molecular complexity index is 931. The van der Waals surface area contributed by atoms with Crippen LogP contribution in [0.25, 0.3) is 0 Å². The molecule has 1 aliphatic rings. The smallest absolute Gasteiger partial charge is 0.270 e. The zero-order chi connectivity index (χ0) is 20.3. The van der Waals surface area contributed by atoms with E-state index < -0.39 is 10.8 Å². The Kier molecular flexibility index (Phi) is 5.94. The van der Waals surface area contributed by atoms with Gasteiger partial charge in [-0.2, -0.15) is 0 Å². The maximum absolute atomic E-state index is 13.0. The van der Waals surface area contributed by atoms with Crippen LogP contribution >= 0.6 is 11.6 Å². The van der Waals surface area contributed by atoms with Crippen molar-refractivity contribution in [1.29, 1.82) is 0 Å². The van der Waals surface area contributed by atoms with Crippen molar-refractivity contribution in [2.75, 3.05) is 11.9 Å². The van der Waals surface area contributed by atoms with Crippen LogP contribution in [0.5, 0.6) is 0 Å². The fourth-order valence-corrected chi connectivity index (χ4v) is 3.59. The zero-order valence-electron chi connectivity index (χ0n) is 15.4. The molecule has 1 heterocycles. The second-order valence-electron chi connectivity index (χ2n) is 6.76. The number of benzene rings is 2. The van der Waals surface area contributed by atoms with Gasteiger partial charge in [-0.25, -0.2) is 0 Å². The van der Waals surface area contributed by atoms with Crippen LogP contribution in [0.3, 0.4) is 0 Å². The molecule has 2 aromatic carbocycles. The first-order valence-electron chi connectivity index (χ1n) is 9.04. The average Bonchev–Trinajstić information content (AvgIpc) is 2.68. The number of nitro groups is 1. The summed E-state index contributed by atoms with van der Waals surface area (Å²) >= 11 is 6.04. The summed E-state index contributed by atoms with van der Waals surface area (Å²) in [5, 5.41) is 13.5. The van der Waals surface area contributed by atoms with Crippen LogP contribution in [-0.2, 0) is 0 Å². The molecule has 1 aliphatic heterocycles. The van der Waals surface area contributed by atoms with Crippen LogP contribution in [0.4, 0.5) is 11.4 Å². The van der Waals surface area contributed by atoms with Crippen molar-refractivity contribution in [3.63, 3.8) is 0 Å². The first-order chi connectivity index (χ1) is 13.4. The Labute approximate surface area is 167 Å². The minimum atomic E-state index is -0.582. The molecule has 1 saturated heterocycles. The lowest BCUT2D eigenvalue weighted by molar-refractivity contribution is -0.384. The summed E-state index contributed by atoms with van der Waals surface area (Å²) in [4.78, 5) is 37.7. The fraction of sp³-hybridized carbons (Fsp3) is 0.300. The van der Waals surface area contributed by atoms with E-state index in [-0.39, 0.29) is 28.2 Å². The van der Waals surface area contributed by atoms with Crippen molar-refractivity contribution in [1.82, 2.24) is 4.90 Å². The van der Waals surface area contributed by atoms with Gasteiger partial charge in [0.25, 0.3) is 17.5 Å². The largest absolute Gasteiger partial charge is 0.336 e. The van der Waals surface area contributed by atoms with Gasteiger partial charge in [-0.3, -0.25) is 19.7 Å². The van der Waals surface area contributed by atoms with Crippen LogP contribution in [0.1, 0.15) is 46.9 Å². The highest BCUT2D eigenvalue weighted by Gasteiger charge is 2.26. The topological polar surface area (TPSA) is 92.6 Å². The van der Waals surface area contributed by atoms with Gasteiger partial charge in [0.1, 0.15) is 0 Å². The molecule has 2 aromatic rings. The van der Waals surface area contributed by atoms with Gasteiger partial charge in [-0.15, -0.1) is 0 Å². The molecular weight excluding hydrogens is 382 g/mol. The third-order valence-corrected chi connectivity index (χ3v) is 5.19. The molecule has 2 amide bonds. The maximum Gasteiger partial charge on any atom is 0.270 e. The molecule has 0 spiro atoms. The van der Waals surface area contributed by atoms with E-state index >= 15 is 0 Å². The number of rotatable bonds is 4. The average molecular weight is 402 g/mol. The maximum atomic E-state index is 13.0. The summed E-state index contributed by atoms with van der Waals surface area (Å²) in [6.45, 7) is 2.71. The van der Waals surface area contributed by atoms with Crippen molar-refractivity contribution in [2.45, 2.75) is 32.2 Å². The van der Waals surface area contributed by atoms with Crippen molar-refractivity contribution in [3.8, 4) is 0 Å². The Balaban J connectivity index is 1.84. The molecule has 0 saturated carbocycles. The summed E-state index contributed by atoms with van der Waals surface area (Å²) in [5.41, 5.74) is 0.685. The predicted molar refractivity (Wildman–Crippen MR) is 107 cm³/mol. The molecule has 1 unspecified atom stereocenters. The van der Waals surface area contributed by atoms with Crippen LogP contribution in [0.2, 0.25) is 5.02 Å². The standard InChI is InChI=1S/C20H20ClN3O4/c1-13-6-4-5-11-23(13)20(26)16-7-2-3-8-18(16)22-19(25)15-10-9-14(24(27)28)12-17(15)21/h2-3,7-10,12-13H,4-6,11H2,1H3,(H,22,25). The van der Waals surface area contributed by atoms with Crippen LogP contribution in [-0.4, -0.2) is 34.2 Å². The molecule has 8 heteroatoms. The van der Waals surface area contributed by atoms with Crippen molar-refractivity contribution in [3.05, 3.63) is 68.7 Å². The number of nitrogens with one attached hydrogen (secondary N) is 1. The lowest BCUT2D eigenvalue weighted by Crippen LogP contribution is -2.42. The lowest BCUT2D eigenvalue weighted by atomic mass is 10.0. The van der Waals surface area contributed by atoms with Gasteiger partial charge in [0.2, 0.25) is 0 Å². The highest BCUT2D eigenvalue weighted by molar-refractivity contribution is 6.34. The van der Waals surface area contributed by atoms with Crippen molar-refractivity contribution in [2.24, 2.45) is 0 Å². The molecule has 28 heavy (non-hydrogen) atoms. The number of para-hydroxylation sites is 1. The molecule has 0 bridgehead atoms. The summed E-state index contributed by atoms with van der Waals surface area (Å²) in [6.07, 6.45) is 3.02. The molecule has 7 nitrogen and oxygen atoms in total. The number of anilines is 1. The van der Waals surface area contributed by atoms with Crippen molar-refractivity contribution < 1.29 is 14.5 Å². The van der Waals surface area contributed by atoms with Gasteiger partial charge in [-0.1, -0.05) is 23.7 Å². The summed E-state index contributed by atoms with van der Waals surface area (Å²) in [6, 6.07) is 10.6. The first kappa shape index (κ1) is 19.8. The number of carbonyl (C=O) groups is 2. The quantitative estimate of drug-likeness (QED) is 0.602. The van der Waals surface area contributed by atoms with Gasteiger partial charge in [0.05, 0.1) is 26.8 Å². The number of carbonyl (C=O) groups excluding carboxylic acids is 2. The van der Waals surface area contributed by atoms with E-state index in [9.17, 15) is 19.7 Å². The molecule has 0 aliphatic carbocycles. The number of nitrogens with zero attached hydrogens (tertiary/aromatic N) is 2. The van der Waals surface area contributed by atoms with E-state index in [1.54, 1.807) is 24.3 Å². The minimum absolute atomic E-state index is 0.0276. The summed E-state index contributed by atoms with van der Waals surface area (Å²) in [5.74, 6) is -0.662. The fourth-order valence-electron chi connectivity index (χ4n) is 3.32. The third kappa shape index (κ3) is 4.14. The Morgan fingerprint density at radius 2 is 1.93 bits per heavy atom. The number of non-ortho nitro benzene ring substituents is 1. The normalized spacial score (nSPS) is 16.5. The zero-order valence-corrected chi connectivity index (χ0v) is 16.1. The van der Waals surface area contributed by atoms with Crippen molar-refractivity contribution >= 4 is 34.8 Å². The second kappa shape index (κ2) is 8.39. The van der Waals surface area contributed by atoms with Gasteiger partial charge in [-0.05, 0) is 44.4 Å². The molecule has 1 N–H and O–H groups in total. The third-order valence-electron chi connectivity index (χ3n) is 4.88. The SMILES string of the molecule is CC1CCCCN1C(=O)c1ccccc1NC(=O)c1ccc([N+](=O)[O-])cc1Cl. The van der Waals surface area contributed by atoms with Gasteiger partial charge < -0.3 is 10.2 Å². The molecule has 0 aromatic heterocycles. The van der Waals surface area contributed by atoms with Crippen LogP contribution in [0, 0.1) is 10.1 Å². The van der Waals surface area contributed by atoms with E-state index in [1.165, 1.54) is 12.1 Å². The van der Waals surface area contributed by atoms with E-state index in [0.717, 1.165) is 25.3 Å². The summed E-state index contributed by atoms with van der Waals surface area (Å²) in [7, 11) is 0. The molecule has 146 valence electrons. The molecule has 1 atom stereocenters.